The minimum absolute atomic E-state index is 0.0309. The second-order valence-corrected chi connectivity index (χ2v) is 7.68. The normalized spacial score (nSPS) is 24.7. The number of carbonyl (C=O) groups is 1. The molecule has 1 aromatic heterocycles. The summed E-state index contributed by atoms with van der Waals surface area (Å²) in [5.74, 6) is -9.22. The minimum Gasteiger partial charge on any atom is -0.431 e. The van der Waals surface area contributed by atoms with Crippen molar-refractivity contribution in [1.82, 2.24) is 4.98 Å². The Kier molecular flexibility index (Phi) is 6.75. The largest absolute Gasteiger partial charge is 0.431 e. The maximum absolute atomic E-state index is 14.4. The van der Waals surface area contributed by atoms with Gasteiger partial charge in [0.15, 0.2) is 17.2 Å². The predicted octanol–water partition coefficient (Wildman–Crippen LogP) is 4.91. The Bertz CT molecular complexity index is 1140. The van der Waals surface area contributed by atoms with E-state index >= 15 is 0 Å². The van der Waals surface area contributed by atoms with Crippen LogP contribution >= 0.6 is 0 Å². The number of hydrogen-bond acceptors (Lipinski definition) is 5. The summed E-state index contributed by atoms with van der Waals surface area (Å²) in [6.45, 7) is -1.94. The van der Waals surface area contributed by atoms with Crippen molar-refractivity contribution >= 4 is 11.6 Å². The Morgan fingerprint density at radius 1 is 1.29 bits per heavy atom. The van der Waals surface area contributed by atoms with Crippen LogP contribution in [0.4, 0.5) is 36.4 Å². The first-order valence-electron chi connectivity index (χ1n) is 9.63. The fourth-order valence-corrected chi connectivity index (χ4v) is 3.82. The number of anilines is 1. The van der Waals surface area contributed by atoms with E-state index in [1.54, 1.807) is 6.07 Å². The molecule has 2 heterocycles. The van der Waals surface area contributed by atoms with Gasteiger partial charge in [-0.2, -0.15) is 31.6 Å². The molecule has 4 atom stereocenters. The molecule has 1 amide bonds. The molecule has 13 heteroatoms. The van der Waals surface area contributed by atoms with Crippen LogP contribution in [-0.2, 0) is 9.53 Å². The molecule has 0 bridgehead atoms. The van der Waals surface area contributed by atoms with Gasteiger partial charge >= 0.3 is 12.8 Å². The average molecular weight is 491 g/mol. The average Bonchev–Trinajstić information content (AvgIpc) is 3.04. The van der Waals surface area contributed by atoms with Crippen molar-refractivity contribution < 1.29 is 45.0 Å². The molecular weight excluding hydrogens is 475 g/mol. The summed E-state index contributed by atoms with van der Waals surface area (Å²) in [5.41, 5.74) is -3.60. The van der Waals surface area contributed by atoms with E-state index in [-0.39, 0.29) is 11.3 Å². The van der Waals surface area contributed by atoms with E-state index < -0.39 is 65.2 Å². The van der Waals surface area contributed by atoms with Gasteiger partial charge in [-0.1, -0.05) is 13.0 Å². The number of pyridine rings is 1. The Labute approximate surface area is 188 Å². The van der Waals surface area contributed by atoms with Gasteiger partial charge in [0.05, 0.1) is 17.4 Å². The Hall–Kier alpha value is -3.40. The monoisotopic (exact) mass is 491 g/mol. The number of aromatic nitrogens is 1. The van der Waals surface area contributed by atoms with Crippen molar-refractivity contribution in [2.24, 2.45) is 5.92 Å². The van der Waals surface area contributed by atoms with Gasteiger partial charge in [-0.15, -0.1) is 0 Å². The third kappa shape index (κ3) is 4.50. The molecule has 1 aliphatic rings. The molecule has 2 aromatic rings. The van der Waals surface area contributed by atoms with Gasteiger partial charge in [0, 0.05) is 23.6 Å². The van der Waals surface area contributed by atoms with Crippen LogP contribution < -0.4 is 10.1 Å². The number of hydrogen-bond donors (Lipinski definition) is 1. The van der Waals surface area contributed by atoms with Crippen LogP contribution in [0.25, 0.3) is 0 Å². The van der Waals surface area contributed by atoms with E-state index in [9.17, 15) is 35.5 Å². The number of nitriles is 1. The lowest BCUT2D eigenvalue weighted by atomic mass is 9.77. The molecule has 1 saturated heterocycles. The zero-order valence-electron chi connectivity index (χ0n) is 17.5. The molecule has 6 nitrogen and oxygen atoms in total. The van der Waals surface area contributed by atoms with Crippen molar-refractivity contribution in [3.05, 3.63) is 53.4 Å². The van der Waals surface area contributed by atoms with Crippen LogP contribution in [0.1, 0.15) is 30.9 Å². The summed E-state index contributed by atoms with van der Waals surface area (Å²) in [7, 11) is 0. The van der Waals surface area contributed by atoms with E-state index in [0.29, 0.717) is 13.0 Å². The van der Waals surface area contributed by atoms with Gasteiger partial charge in [-0.3, -0.25) is 9.78 Å². The highest BCUT2D eigenvalue weighted by molar-refractivity contribution is 5.95. The minimum atomic E-state index is -5.02. The highest BCUT2D eigenvalue weighted by Gasteiger charge is 2.66. The smallest absolute Gasteiger partial charge is 0.417 e. The first-order valence-corrected chi connectivity index (χ1v) is 9.63. The zero-order chi connectivity index (χ0) is 25.4. The Morgan fingerprint density at radius 3 is 2.56 bits per heavy atom. The number of halogens is 7. The third-order valence-electron chi connectivity index (χ3n) is 5.71. The van der Waals surface area contributed by atoms with Crippen LogP contribution in [0.3, 0.4) is 0 Å². The van der Waals surface area contributed by atoms with Crippen molar-refractivity contribution in [3.63, 3.8) is 0 Å². The number of rotatable bonds is 5. The van der Waals surface area contributed by atoms with Crippen LogP contribution in [0, 0.1) is 28.9 Å². The van der Waals surface area contributed by atoms with Crippen LogP contribution in [0.15, 0.2) is 30.6 Å². The number of nitrogens with zero attached hydrogens (tertiary/aromatic N) is 2. The molecule has 0 radical (unpaired) electrons. The van der Waals surface area contributed by atoms with E-state index in [1.165, 1.54) is 12.3 Å². The number of ether oxygens (including phenoxy) is 2. The van der Waals surface area contributed by atoms with E-state index in [1.807, 2.05) is 0 Å². The zero-order valence-corrected chi connectivity index (χ0v) is 17.5. The van der Waals surface area contributed by atoms with Crippen LogP contribution in [0.5, 0.6) is 5.75 Å². The first-order chi connectivity index (χ1) is 15.8. The highest BCUT2D eigenvalue weighted by Crippen LogP contribution is 2.55. The second-order valence-electron chi connectivity index (χ2n) is 7.68. The lowest BCUT2D eigenvalue weighted by molar-refractivity contribution is -0.272. The third-order valence-corrected chi connectivity index (χ3v) is 5.71. The quantitative estimate of drug-likeness (QED) is 0.601. The SMILES string of the molecule is C[C@H]1[C@@H](c2ccc(F)c(F)c2OC(F)F)[C@H](C(=O)Nc2cncc(C#N)c2)O[C@@]1(C)C(F)(F)F. The number of carbonyl (C=O) groups excluding carboxylic acids is 1. The van der Waals surface area contributed by atoms with Gasteiger partial charge in [0.25, 0.3) is 5.91 Å². The molecule has 1 aromatic carbocycles. The molecule has 1 N–H and O–H groups in total. The molecule has 0 saturated carbocycles. The Balaban J connectivity index is 2.11. The van der Waals surface area contributed by atoms with E-state index in [2.05, 4.69) is 15.0 Å². The number of nitrogens with one attached hydrogen (secondary N) is 1. The molecule has 3 rings (SSSR count). The lowest BCUT2D eigenvalue weighted by Gasteiger charge is -2.32. The summed E-state index contributed by atoms with van der Waals surface area (Å²) >= 11 is 0. The summed E-state index contributed by atoms with van der Waals surface area (Å²) in [6.07, 6.45) is -4.73. The molecule has 0 spiro atoms. The predicted molar refractivity (Wildman–Crippen MR) is 102 cm³/mol. The fraction of sp³-hybridized carbons (Fsp3) is 0.381. The maximum Gasteiger partial charge on any atom is 0.417 e. The number of alkyl halides is 5. The molecule has 0 unspecified atom stereocenters. The Morgan fingerprint density at radius 2 is 1.97 bits per heavy atom. The van der Waals surface area contributed by atoms with Crippen LogP contribution in [0.2, 0.25) is 0 Å². The molecule has 34 heavy (non-hydrogen) atoms. The second kappa shape index (κ2) is 9.09. The summed E-state index contributed by atoms with van der Waals surface area (Å²) in [6, 6.07) is 4.23. The molecule has 1 fully saturated rings. The lowest BCUT2D eigenvalue weighted by Crippen LogP contribution is -2.47. The van der Waals surface area contributed by atoms with Gasteiger partial charge < -0.3 is 14.8 Å². The van der Waals surface area contributed by atoms with Crippen molar-refractivity contribution in [2.45, 2.75) is 44.3 Å². The van der Waals surface area contributed by atoms with Crippen LogP contribution in [-0.4, -0.2) is 35.4 Å². The van der Waals surface area contributed by atoms with E-state index in [0.717, 1.165) is 19.2 Å². The van der Waals surface area contributed by atoms with Gasteiger partial charge in [0.1, 0.15) is 12.2 Å². The molecule has 1 aliphatic heterocycles. The molecule has 0 aliphatic carbocycles. The summed E-state index contributed by atoms with van der Waals surface area (Å²) in [5, 5.41) is 11.2. The van der Waals surface area contributed by atoms with Crippen molar-refractivity contribution in [3.8, 4) is 11.8 Å². The van der Waals surface area contributed by atoms with Gasteiger partial charge in [-0.05, 0) is 19.1 Å². The highest BCUT2D eigenvalue weighted by atomic mass is 19.4. The van der Waals surface area contributed by atoms with Crippen molar-refractivity contribution in [1.29, 1.82) is 5.26 Å². The van der Waals surface area contributed by atoms with Crippen molar-refractivity contribution in [2.75, 3.05) is 5.32 Å². The van der Waals surface area contributed by atoms with E-state index in [4.69, 9.17) is 10.00 Å². The van der Waals surface area contributed by atoms with Gasteiger partial charge in [-0.25, -0.2) is 4.39 Å². The standard InChI is InChI=1S/C21H16F7N3O3/c1-9-14(12-3-4-13(22)15(23)16(12)33-19(24)25)17(34-20(9,2)21(26,27)28)18(32)31-11-5-10(6-29)7-30-8-11/h3-5,7-9,14,17,19H,1-2H3,(H,31,32)/t9-,14-,17+,20+/m0/s1. The summed E-state index contributed by atoms with van der Waals surface area (Å²) in [4.78, 5) is 16.7. The number of amides is 1. The molecular formula is C21H16F7N3O3. The fourth-order valence-electron chi connectivity index (χ4n) is 3.82. The molecule has 182 valence electrons. The number of benzene rings is 1. The summed E-state index contributed by atoms with van der Waals surface area (Å²) < 4.78 is 105. The van der Waals surface area contributed by atoms with Gasteiger partial charge in [0.2, 0.25) is 5.82 Å². The maximum atomic E-state index is 14.4. The first kappa shape index (κ1) is 25.2. The topological polar surface area (TPSA) is 84.2 Å².